The molecule has 0 spiro atoms. The van der Waals surface area contributed by atoms with E-state index in [9.17, 15) is 9.59 Å². The molecule has 5 heteroatoms. The second-order valence-corrected chi connectivity index (χ2v) is 4.84. The van der Waals surface area contributed by atoms with Gasteiger partial charge in [0.15, 0.2) is 0 Å². The van der Waals surface area contributed by atoms with Gasteiger partial charge in [0.25, 0.3) is 0 Å². The van der Waals surface area contributed by atoms with E-state index in [1.54, 1.807) is 18.3 Å². The van der Waals surface area contributed by atoms with Crippen LogP contribution in [0.4, 0.5) is 0 Å². The van der Waals surface area contributed by atoms with Crippen molar-refractivity contribution < 1.29 is 9.59 Å². The Hall–Kier alpha value is -2.69. The van der Waals surface area contributed by atoms with Gasteiger partial charge in [-0.2, -0.15) is 0 Å². The molecule has 2 aromatic rings. The van der Waals surface area contributed by atoms with Gasteiger partial charge in [0.2, 0.25) is 0 Å². The Morgan fingerprint density at radius 1 is 1.14 bits per heavy atom. The highest BCUT2D eigenvalue weighted by Crippen LogP contribution is 2.10. The van der Waals surface area contributed by atoms with Gasteiger partial charge in [0.05, 0.1) is 12.2 Å². The Morgan fingerprint density at radius 2 is 1.95 bits per heavy atom. The van der Waals surface area contributed by atoms with Crippen LogP contribution in [0.5, 0.6) is 0 Å². The van der Waals surface area contributed by atoms with Gasteiger partial charge < -0.3 is 10.6 Å². The maximum Gasteiger partial charge on any atom is 0.312 e. The molecule has 0 fully saturated rings. The van der Waals surface area contributed by atoms with E-state index < -0.39 is 11.8 Å². The summed E-state index contributed by atoms with van der Waals surface area (Å²) < 4.78 is 0. The van der Waals surface area contributed by atoms with Crippen molar-refractivity contribution in [3.05, 3.63) is 65.5 Å². The van der Waals surface area contributed by atoms with Crippen LogP contribution in [-0.2, 0) is 22.7 Å². The summed E-state index contributed by atoms with van der Waals surface area (Å²) in [4.78, 5) is 28.7. The summed E-state index contributed by atoms with van der Waals surface area (Å²) in [6.45, 7) is 2.54. The van der Waals surface area contributed by atoms with Crippen molar-refractivity contribution in [3.63, 3.8) is 0 Å². The van der Waals surface area contributed by atoms with E-state index in [1.807, 2.05) is 37.3 Å². The first-order valence-corrected chi connectivity index (χ1v) is 6.60. The first-order valence-electron chi connectivity index (χ1n) is 6.60. The minimum atomic E-state index is -0.960. The number of primary amides is 1. The van der Waals surface area contributed by atoms with Crippen LogP contribution in [0.25, 0.3) is 0 Å². The normalized spacial score (nSPS) is 10.1. The average Bonchev–Trinajstić information content (AvgIpc) is 2.47. The zero-order valence-electron chi connectivity index (χ0n) is 11.8. The third kappa shape index (κ3) is 4.14. The van der Waals surface area contributed by atoms with Gasteiger partial charge in [0.1, 0.15) is 0 Å². The number of amides is 2. The molecule has 0 bridgehead atoms. The Labute approximate surface area is 123 Å². The third-order valence-corrected chi connectivity index (χ3v) is 3.03. The molecule has 0 unspecified atom stereocenters. The summed E-state index contributed by atoms with van der Waals surface area (Å²) in [5.41, 5.74) is 7.87. The number of carbonyl (C=O) groups is 2. The van der Waals surface area contributed by atoms with Crippen LogP contribution in [0.15, 0.2) is 48.7 Å². The van der Waals surface area contributed by atoms with Crippen molar-refractivity contribution in [2.45, 2.75) is 20.0 Å². The summed E-state index contributed by atoms with van der Waals surface area (Å²) >= 11 is 0. The molecule has 0 saturated heterocycles. The predicted molar refractivity (Wildman–Crippen MR) is 78.9 cm³/mol. The standard InChI is InChI=1S/C16H17N3O2/c1-12-5-4-6-13(9-12)10-19(16(21)15(17)20)11-14-7-2-3-8-18-14/h2-9H,10-11H2,1H3,(H2,17,20). The molecular weight excluding hydrogens is 266 g/mol. The minimum absolute atomic E-state index is 0.247. The van der Waals surface area contributed by atoms with Gasteiger partial charge in [-0.1, -0.05) is 35.9 Å². The second-order valence-electron chi connectivity index (χ2n) is 4.84. The van der Waals surface area contributed by atoms with Crippen molar-refractivity contribution in [2.24, 2.45) is 5.73 Å². The van der Waals surface area contributed by atoms with E-state index in [0.717, 1.165) is 11.1 Å². The summed E-state index contributed by atoms with van der Waals surface area (Å²) in [6.07, 6.45) is 1.65. The number of aryl methyl sites for hydroxylation is 1. The molecule has 5 nitrogen and oxygen atoms in total. The molecule has 108 valence electrons. The van der Waals surface area contributed by atoms with Crippen molar-refractivity contribution in [3.8, 4) is 0 Å². The lowest BCUT2D eigenvalue weighted by Crippen LogP contribution is -2.39. The van der Waals surface area contributed by atoms with Gasteiger partial charge in [-0.05, 0) is 24.6 Å². The van der Waals surface area contributed by atoms with Gasteiger partial charge >= 0.3 is 11.8 Å². The molecular formula is C16H17N3O2. The Balaban J connectivity index is 2.20. The number of rotatable bonds is 4. The fourth-order valence-corrected chi connectivity index (χ4v) is 2.07. The van der Waals surface area contributed by atoms with Crippen molar-refractivity contribution in [1.29, 1.82) is 0 Å². The van der Waals surface area contributed by atoms with Crippen LogP contribution in [0.1, 0.15) is 16.8 Å². The van der Waals surface area contributed by atoms with Crippen LogP contribution in [0.3, 0.4) is 0 Å². The van der Waals surface area contributed by atoms with Gasteiger partial charge in [-0.25, -0.2) is 0 Å². The van der Waals surface area contributed by atoms with Crippen LogP contribution < -0.4 is 5.73 Å². The smallest absolute Gasteiger partial charge is 0.312 e. The van der Waals surface area contributed by atoms with Crippen LogP contribution in [0.2, 0.25) is 0 Å². The highest BCUT2D eigenvalue weighted by molar-refractivity contribution is 6.34. The van der Waals surface area contributed by atoms with Gasteiger partial charge in [-0.15, -0.1) is 0 Å². The molecule has 0 aliphatic rings. The molecule has 1 aromatic heterocycles. The Bertz CT molecular complexity index is 641. The van der Waals surface area contributed by atoms with E-state index in [-0.39, 0.29) is 6.54 Å². The summed E-state index contributed by atoms with van der Waals surface area (Å²) in [7, 11) is 0. The van der Waals surface area contributed by atoms with Crippen molar-refractivity contribution in [2.75, 3.05) is 0 Å². The molecule has 0 aliphatic heterocycles. The van der Waals surface area contributed by atoms with Crippen LogP contribution in [-0.4, -0.2) is 21.7 Å². The van der Waals surface area contributed by atoms with Gasteiger partial charge in [-0.3, -0.25) is 14.6 Å². The molecule has 0 atom stereocenters. The molecule has 2 N–H and O–H groups in total. The maximum atomic E-state index is 12.0. The lowest BCUT2D eigenvalue weighted by Gasteiger charge is -2.21. The lowest BCUT2D eigenvalue weighted by molar-refractivity contribution is -0.145. The highest BCUT2D eigenvalue weighted by Gasteiger charge is 2.20. The maximum absolute atomic E-state index is 12.0. The Kier molecular flexibility index (Phi) is 4.66. The number of hydrogen-bond acceptors (Lipinski definition) is 3. The molecule has 1 aromatic carbocycles. The molecule has 21 heavy (non-hydrogen) atoms. The molecule has 1 heterocycles. The summed E-state index contributed by atoms with van der Waals surface area (Å²) in [5, 5.41) is 0. The summed E-state index contributed by atoms with van der Waals surface area (Å²) in [6, 6.07) is 13.2. The number of hydrogen-bond donors (Lipinski definition) is 1. The number of benzene rings is 1. The number of nitrogens with two attached hydrogens (primary N) is 1. The minimum Gasteiger partial charge on any atom is -0.361 e. The first kappa shape index (κ1) is 14.7. The Morgan fingerprint density at radius 3 is 2.57 bits per heavy atom. The fourth-order valence-electron chi connectivity index (χ4n) is 2.07. The molecule has 0 aliphatic carbocycles. The number of carbonyl (C=O) groups excluding carboxylic acids is 2. The first-order chi connectivity index (χ1) is 10.1. The van der Waals surface area contributed by atoms with Crippen molar-refractivity contribution >= 4 is 11.8 Å². The van der Waals surface area contributed by atoms with E-state index >= 15 is 0 Å². The van der Waals surface area contributed by atoms with E-state index in [4.69, 9.17) is 5.73 Å². The zero-order chi connectivity index (χ0) is 15.2. The van der Waals surface area contributed by atoms with E-state index in [1.165, 1.54) is 4.90 Å². The highest BCUT2D eigenvalue weighted by atomic mass is 16.2. The van der Waals surface area contributed by atoms with Crippen LogP contribution in [0, 0.1) is 6.92 Å². The topological polar surface area (TPSA) is 76.3 Å². The van der Waals surface area contributed by atoms with Crippen LogP contribution >= 0.6 is 0 Å². The zero-order valence-corrected chi connectivity index (χ0v) is 11.8. The van der Waals surface area contributed by atoms with Crippen molar-refractivity contribution in [1.82, 2.24) is 9.88 Å². The summed E-state index contributed by atoms with van der Waals surface area (Å²) in [5.74, 6) is -1.67. The monoisotopic (exact) mass is 283 g/mol. The molecule has 2 rings (SSSR count). The lowest BCUT2D eigenvalue weighted by atomic mass is 10.1. The van der Waals surface area contributed by atoms with Gasteiger partial charge in [0, 0.05) is 12.7 Å². The largest absolute Gasteiger partial charge is 0.361 e. The average molecular weight is 283 g/mol. The SMILES string of the molecule is Cc1cccc(CN(Cc2ccccn2)C(=O)C(N)=O)c1. The number of nitrogens with zero attached hydrogens (tertiary/aromatic N) is 2. The third-order valence-electron chi connectivity index (χ3n) is 3.03. The number of aromatic nitrogens is 1. The van der Waals surface area contributed by atoms with E-state index in [2.05, 4.69) is 4.98 Å². The quantitative estimate of drug-likeness (QED) is 0.862. The van der Waals surface area contributed by atoms with E-state index in [0.29, 0.717) is 12.2 Å². The molecule has 0 radical (unpaired) electrons. The fraction of sp³-hybridized carbons (Fsp3) is 0.188. The molecule has 2 amide bonds. The predicted octanol–water partition coefficient (Wildman–Crippen LogP) is 1.40. The second kappa shape index (κ2) is 6.65. The molecule has 0 saturated carbocycles. The number of pyridine rings is 1.